The van der Waals surface area contributed by atoms with Gasteiger partial charge in [0.2, 0.25) is 0 Å². The monoisotopic (exact) mass is 276 g/mol. The third-order valence-corrected chi connectivity index (χ3v) is 3.14. The topological polar surface area (TPSA) is 46.5 Å². The average molecular weight is 276 g/mol. The number of aliphatic hydroxyl groups is 1. The Morgan fingerprint density at radius 2 is 2.00 bits per heavy atom. The number of hydrogen-bond acceptors (Lipinski definition) is 3. The summed E-state index contributed by atoms with van der Waals surface area (Å²) in [5, 5.41) is 10.1. The molecule has 20 heavy (non-hydrogen) atoms. The van der Waals surface area contributed by atoms with Crippen LogP contribution in [-0.4, -0.2) is 23.8 Å². The first-order valence-corrected chi connectivity index (χ1v) is 7.25. The molecule has 0 saturated carbocycles. The van der Waals surface area contributed by atoms with Crippen molar-refractivity contribution in [3.8, 4) is 0 Å². The van der Waals surface area contributed by atoms with Crippen LogP contribution >= 0.6 is 0 Å². The lowest BCUT2D eigenvalue weighted by Crippen LogP contribution is -2.29. The van der Waals surface area contributed by atoms with E-state index in [1.54, 1.807) is 6.92 Å². The lowest BCUT2D eigenvalue weighted by molar-refractivity contribution is -0.152. The Morgan fingerprint density at radius 1 is 1.30 bits per heavy atom. The second-order valence-corrected chi connectivity index (χ2v) is 4.76. The van der Waals surface area contributed by atoms with Gasteiger partial charge in [0.15, 0.2) is 0 Å². The number of esters is 1. The highest BCUT2D eigenvalue weighted by Crippen LogP contribution is 2.17. The zero-order valence-electron chi connectivity index (χ0n) is 12.3. The summed E-state index contributed by atoms with van der Waals surface area (Å²) >= 11 is 0. The standard InChI is InChI=1S/C17H24O3/c1-3-9-16(18)15(17(19)20-4-2)13-8-12-14-10-6-5-7-11-14/h5-8,10-12,15-16,18H,3-4,9,13H2,1-2H3/t15-,16-/m1/s1. The Kier molecular flexibility index (Phi) is 7.66. The van der Waals surface area contributed by atoms with E-state index in [1.807, 2.05) is 49.4 Å². The Morgan fingerprint density at radius 3 is 2.60 bits per heavy atom. The molecule has 3 heteroatoms. The molecule has 1 N–H and O–H groups in total. The van der Waals surface area contributed by atoms with Crippen molar-refractivity contribution >= 4 is 12.0 Å². The summed E-state index contributed by atoms with van der Waals surface area (Å²) in [6, 6.07) is 9.89. The van der Waals surface area contributed by atoms with Crippen LogP contribution in [0.5, 0.6) is 0 Å². The summed E-state index contributed by atoms with van der Waals surface area (Å²) in [6.45, 7) is 4.11. The third-order valence-electron chi connectivity index (χ3n) is 3.14. The molecule has 1 rings (SSSR count). The lowest BCUT2D eigenvalue weighted by atomic mass is 9.95. The van der Waals surface area contributed by atoms with Gasteiger partial charge in [0, 0.05) is 0 Å². The molecule has 0 fully saturated rings. The van der Waals surface area contributed by atoms with Gasteiger partial charge in [0.25, 0.3) is 0 Å². The van der Waals surface area contributed by atoms with Crippen molar-refractivity contribution < 1.29 is 14.6 Å². The fourth-order valence-electron chi connectivity index (χ4n) is 2.07. The van der Waals surface area contributed by atoms with Crippen molar-refractivity contribution in [2.75, 3.05) is 6.61 Å². The highest BCUT2D eigenvalue weighted by atomic mass is 16.5. The number of rotatable bonds is 8. The van der Waals surface area contributed by atoms with E-state index in [0.29, 0.717) is 19.4 Å². The van der Waals surface area contributed by atoms with Crippen molar-refractivity contribution in [1.82, 2.24) is 0 Å². The minimum Gasteiger partial charge on any atom is -0.466 e. The largest absolute Gasteiger partial charge is 0.466 e. The minimum atomic E-state index is -0.639. The number of carbonyl (C=O) groups excluding carboxylic acids is 1. The molecule has 1 aromatic carbocycles. The second kappa shape index (κ2) is 9.32. The van der Waals surface area contributed by atoms with Gasteiger partial charge in [0.05, 0.1) is 18.6 Å². The van der Waals surface area contributed by atoms with E-state index in [9.17, 15) is 9.90 Å². The number of benzene rings is 1. The predicted molar refractivity (Wildman–Crippen MR) is 81.1 cm³/mol. The highest BCUT2D eigenvalue weighted by Gasteiger charge is 2.26. The lowest BCUT2D eigenvalue weighted by Gasteiger charge is -2.19. The molecule has 0 radical (unpaired) electrons. The van der Waals surface area contributed by atoms with Gasteiger partial charge in [-0.3, -0.25) is 4.79 Å². The Bertz CT molecular complexity index is 412. The third kappa shape index (κ3) is 5.57. The van der Waals surface area contributed by atoms with E-state index in [2.05, 4.69) is 0 Å². The molecular formula is C17H24O3. The van der Waals surface area contributed by atoms with Gasteiger partial charge in [0.1, 0.15) is 0 Å². The Balaban J connectivity index is 2.64. The molecule has 3 nitrogen and oxygen atoms in total. The molecule has 0 aromatic heterocycles. The van der Waals surface area contributed by atoms with Crippen LogP contribution in [0.2, 0.25) is 0 Å². The van der Waals surface area contributed by atoms with Crippen LogP contribution in [0, 0.1) is 5.92 Å². The van der Waals surface area contributed by atoms with Gasteiger partial charge in [-0.1, -0.05) is 55.8 Å². The summed E-state index contributed by atoms with van der Waals surface area (Å²) in [4.78, 5) is 11.9. The van der Waals surface area contributed by atoms with Gasteiger partial charge >= 0.3 is 5.97 Å². The Labute approximate surface area is 121 Å². The molecule has 0 heterocycles. The van der Waals surface area contributed by atoms with Crippen LogP contribution in [0.3, 0.4) is 0 Å². The zero-order chi connectivity index (χ0) is 14.8. The summed E-state index contributed by atoms with van der Waals surface area (Å²) in [5.41, 5.74) is 1.08. The molecule has 0 amide bonds. The molecule has 0 unspecified atom stereocenters. The number of hydrogen-bond donors (Lipinski definition) is 1. The van der Waals surface area contributed by atoms with Gasteiger partial charge in [-0.05, 0) is 25.3 Å². The summed E-state index contributed by atoms with van der Waals surface area (Å²) in [6.07, 6.45) is 5.21. The second-order valence-electron chi connectivity index (χ2n) is 4.76. The maximum atomic E-state index is 11.9. The van der Waals surface area contributed by atoms with Crippen LogP contribution in [0.4, 0.5) is 0 Å². The molecule has 2 atom stereocenters. The minimum absolute atomic E-state index is 0.314. The number of allylic oxidation sites excluding steroid dienone is 1. The van der Waals surface area contributed by atoms with Crippen LogP contribution in [0.1, 0.15) is 38.7 Å². The van der Waals surface area contributed by atoms with E-state index >= 15 is 0 Å². The fourth-order valence-corrected chi connectivity index (χ4v) is 2.07. The summed E-state index contributed by atoms with van der Waals surface area (Å²) in [5.74, 6) is -0.791. The SMILES string of the molecule is CCC[C@@H](O)[C@@H](CC=Cc1ccccc1)C(=O)OCC. The predicted octanol–water partition coefficient (Wildman–Crippen LogP) is 3.43. The maximum absolute atomic E-state index is 11.9. The van der Waals surface area contributed by atoms with E-state index in [0.717, 1.165) is 12.0 Å². The maximum Gasteiger partial charge on any atom is 0.311 e. The summed E-state index contributed by atoms with van der Waals surface area (Å²) in [7, 11) is 0. The van der Waals surface area contributed by atoms with Crippen molar-refractivity contribution in [3.05, 3.63) is 42.0 Å². The number of aliphatic hydroxyl groups excluding tert-OH is 1. The first kappa shape index (κ1) is 16.4. The first-order valence-electron chi connectivity index (χ1n) is 7.25. The van der Waals surface area contributed by atoms with E-state index < -0.39 is 12.0 Å². The van der Waals surface area contributed by atoms with Gasteiger partial charge in [-0.15, -0.1) is 0 Å². The van der Waals surface area contributed by atoms with Crippen molar-refractivity contribution in [2.45, 2.75) is 39.2 Å². The molecule has 0 aliphatic carbocycles. The van der Waals surface area contributed by atoms with Crippen LogP contribution in [0.15, 0.2) is 36.4 Å². The fraction of sp³-hybridized carbons (Fsp3) is 0.471. The molecule has 0 saturated heterocycles. The van der Waals surface area contributed by atoms with Crippen molar-refractivity contribution in [1.29, 1.82) is 0 Å². The average Bonchev–Trinajstić information content (AvgIpc) is 2.45. The van der Waals surface area contributed by atoms with Gasteiger partial charge in [-0.25, -0.2) is 0 Å². The molecular weight excluding hydrogens is 252 g/mol. The van der Waals surface area contributed by atoms with Crippen LogP contribution in [-0.2, 0) is 9.53 Å². The van der Waals surface area contributed by atoms with E-state index in [4.69, 9.17) is 4.74 Å². The molecule has 110 valence electrons. The molecule has 1 aromatic rings. The zero-order valence-corrected chi connectivity index (χ0v) is 12.3. The molecule has 0 aliphatic rings. The van der Waals surface area contributed by atoms with E-state index in [1.165, 1.54) is 0 Å². The van der Waals surface area contributed by atoms with E-state index in [-0.39, 0.29) is 5.97 Å². The van der Waals surface area contributed by atoms with Crippen LogP contribution < -0.4 is 0 Å². The molecule has 0 aliphatic heterocycles. The smallest absolute Gasteiger partial charge is 0.311 e. The van der Waals surface area contributed by atoms with Crippen LogP contribution in [0.25, 0.3) is 6.08 Å². The number of ether oxygens (including phenoxy) is 1. The quantitative estimate of drug-likeness (QED) is 0.740. The summed E-state index contributed by atoms with van der Waals surface area (Å²) < 4.78 is 5.04. The normalized spacial score (nSPS) is 14.2. The van der Waals surface area contributed by atoms with Gasteiger partial charge in [-0.2, -0.15) is 0 Å². The first-order chi connectivity index (χ1) is 9.69. The van der Waals surface area contributed by atoms with Crippen molar-refractivity contribution in [3.63, 3.8) is 0 Å². The highest BCUT2D eigenvalue weighted by molar-refractivity contribution is 5.73. The van der Waals surface area contributed by atoms with Gasteiger partial charge < -0.3 is 9.84 Å². The Hall–Kier alpha value is -1.61. The van der Waals surface area contributed by atoms with Crippen molar-refractivity contribution in [2.24, 2.45) is 5.92 Å². The molecule has 0 bridgehead atoms. The molecule has 0 spiro atoms. The number of carbonyl (C=O) groups is 1.